The Balaban J connectivity index is 1.71. The minimum absolute atomic E-state index is 0.0278. The van der Waals surface area contributed by atoms with Crippen LogP contribution in [0.4, 0.5) is 15.9 Å². The average molecular weight is 430 g/mol. The molecule has 0 radical (unpaired) electrons. The van der Waals surface area contributed by atoms with Gasteiger partial charge in [0.25, 0.3) is 11.4 Å². The van der Waals surface area contributed by atoms with Crippen LogP contribution in [-0.2, 0) is 13.6 Å². The number of piperazine rings is 1. The minimum atomic E-state index is -0.385. The quantitative estimate of drug-likeness (QED) is 0.595. The van der Waals surface area contributed by atoms with Crippen molar-refractivity contribution in [2.75, 3.05) is 24.5 Å². The molecule has 3 aromatic rings. The molecular weight excluding hydrogens is 407 g/mol. The van der Waals surface area contributed by atoms with E-state index < -0.39 is 0 Å². The molecule has 0 amide bonds. The summed E-state index contributed by atoms with van der Waals surface area (Å²) in [5, 5.41) is 9.78. The van der Waals surface area contributed by atoms with Crippen molar-refractivity contribution in [2.24, 2.45) is 7.05 Å². The van der Waals surface area contributed by atoms with Gasteiger partial charge in [-0.15, -0.1) is 4.98 Å². The fourth-order valence-corrected chi connectivity index (χ4v) is 4.33. The van der Waals surface area contributed by atoms with E-state index in [0.717, 1.165) is 5.56 Å². The highest BCUT2D eigenvalue weighted by atomic mass is 19.1. The largest absolute Gasteiger partial charge is 0.364 e. The Morgan fingerprint density at radius 1 is 1.31 bits per heavy atom. The maximum atomic E-state index is 14.3. The first kappa shape index (κ1) is 21.5. The molecule has 1 aliphatic heterocycles. The number of aromatic nitrogens is 2. The Morgan fingerprint density at radius 3 is 2.78 bits per heavy atom. The zero-order valence-electron chi connectivity index (χ0n) is 18.3. The van der Waals surface area contributed by atoms with Gasteiger partial charge < -0.3 is 14.3 Å². The van der Waals surface area contributed by atoms with E-state index in [-0.39, 0.29) is 28.8 Å². The topological polar surface area (TPSA) is 69.5 Å². The van der Waals surface area contributed by atoms with Crippen molar-refractivity contribution in [1.82, 2.24) is 14.5 Å². The summed E-state index contributed by atoms with van der Waals surface area (Å²) < 4.78 is 15.7. The van der Waals surface area contributed by atoms with Crippen LogP contribution in [-0.4, -0.2) is 40.1 Å². The summed E-state index contributed by atoms with van der Waals surface area (Å²) in [7, 11) is 1.60. The number of benzene rings is 1. The first-order valence-corrected chi connectivity index (χ1v) is 10.4. The van der Waals surface area contributed by atoms with Gasteiger partial charge in [0, 0.05) is 44.8 Å². The second kappa shape index (κ2) is 8.41. The van der Waals surface area contributed by atoms with Gasteiger partial charge in [-0.1, -0.05) is 24.3 Å². The van der Waals surface area contributed by atoms with Crippen LogP contribution in [0.25, 0.3) is 15.9 Å². The van der Waals surface area contributed by atoms with E-state index in [2.05, 4.69) is 20.8 Å². The lowest BCUT2D eigenvalue weighted by Crippen LogP contribution is -2.52. The molecule has 1 aromatic carbocycles. The van der Waals surface area contributed by atoms with Gasteiger partial charge in [0.1, 0.15) is 23.1 Å². The molecule has 2 aromatic heterocycles. The lowest BCUT2D eigenvalue weighted by Gasteiger charge is -2.41. The summed E-state index contributed by atoms with van der Waals surface area (Å²) in [4.78, 5) is 24.9. The van der Waals surface area contributed by atoms with Gasteiger partial charge in [-0.2, -0.15) is 5.26 Å². The van der Waals surface area contributed by atoms with E-state index in [1.807, 2.05) is 24.8 Å². The zero-order chi connectivity index (χ0) is 23.0. The molecule has 7 nitrogen and oxygen atoms in total. The molecule has 1 saturated heterocycles. The summed E-state index contributed by atoms with van der Waals surface area (Å²) in [5.74, 6) is -0.00619. The van der Waals surface area contributed by atoms with Crippen LogP contribution in [0, 0.1) is 30.6 Å². The number of nitrogens with zero attached hydrogens (tertiary/aromatic N) is 6. The Kier molecular flexibility index (Phi) is 5.65. The number of anilines is 1. The Labute approximate surface area is 185 Å². The van der Waals surface area contributed by atoms with Gasteiger partial charge in [-0.3, -0.25) is 9.69 Å². The number of aryl methyl sites for hydroxylation is 2. The molecule has 0 N–H and O–H groups in total. The van der Waals surface area contributed by atoms with E-state index in [9.17, 15) is 14.4 Å². The molecule has 3 heterocycles. The Bertz CT molecular complexity index is 1350. The number of rotatable bonds is 3. The summed E-state index contributed by atoms with van der Waals surface area (Å²) in [6.45, 7) is 13.5. The zero-order valence-corrected chi connectivity index (χ0v) is 18.3. The number of hydrogen-bond acceptors (Lipinski definition) is 5. The van der Waals surface area contributed by atoms with Crippen molar-refractivity contribution in [3.8, 4) is 6.07 Å². The lowest BCUT2D eigenvalue weighted by atomic mass is 10.1. The van der Waals surface area contributed by atoms with Gasteiger partial charge in [0.05, 0.1) is 5.52 Å². The summed E-state index contributed by atoms with van der Waals surface area (Å²) in [5.41, 5.74) is 2.84. The monoisotopic (exact) mass is 430 g/mol. The summed E-state index contributed by atoms with van der Waals surface area (Å²) >= 11 is 0. The van der Waals surface area contributed by atoms with E-state index in [1.165, 1.54) is 10.6 Å². The molecule has 0 spiro atoms. The number of pyridine rings is 2. The van der Waals surface area contributed by atoms with Crippen molar-refractivity contribution in [1.29, 1.82) is 5.26 Å². The Hall–Kier alpha value is -3.75. The summed E-state index contributed by atoms with van der Waals surface area (Å²) in [6.07, 6.45) is 0. The van der Waals surface area contributed by atoms with Crippen molar-refractivity contribution in [3.63, 3.8) is 0 Å². The first-order valence-electron chi connectivity index (χ1n) is 10.4. The second-order valence-electron chi connectivity index (χ2n) is 8.21. The van der Waals surface area contributed by atoms with Crippen molar-refractivity contribution < 1.29 is 4.39 Å². The van der Waals surface area contributed by atoms with Crippen LogP contribution in [0.5, 0.6) is 0 Å². The fraction of sp³-hybridized carbons (Fsp3) is 0.333. The molecule has 0 unspecified atom stereocenters. The smallest absolute Gasteiger partial charge is 0.271 e. The second-order valence-corrected chi connectivity index (χ2v) is 8.21. The molecule has 1 aliphatic rings. The van der Waals surface area contributed by atoms with Gasteiger partial charge >= 0.3 is 0 Å². The molecule has 32 heavy (non-hydrogen) atoms. The van der Waals surface area contributed by atoms with Gasteiger partial charge in [0.2, 0.25) is 5.52 Å². The molecular formula is C24H23FN6O. The highest BCUT2D eigenvalue weighted by molar-refractivity contribution is 5.92. The van der Waals surface area contributed by atoms with Crippen LogP contribution in [0.1, 0.15) is 23.6 Å². The SMILES string of the molecule is [C-]#[N+]c1ccc2c(n1)c(N1CCN(Cc3cc(C)ccc3F)[C@H](C)C1)c(C#N)c(=O)n2C. The maximum absolute atomic E-state index is 14.3. The van der Waals surface area contributed by atoms with Crippen LogP contribution < -0.4 is 10.5 Å². The van der Waals surface area contributed by atoms with Crippen molar-refractivity contribution >= 4 is 22.5 Å². The van der Waals surface area contributed by atoms with Crippen LogP contribution in [0.15, 0.2) is 35.1 Å². The molecule has 0 bridgehead atoms. The van der Waals surface area contributed by atoms with E-state index in [0.29, 0.717) is 48.5 Å². The van der Waals surface area contributed by atoms with E-state index in [1.54, 1.807) is 25.2 Å². The van der Waals surface area contributed by atoms with Crippen molar-refractivity contribution in [3.05, 3.63) is 74.6 Å². The predicted octanol–water partition coefficient (Wildman–Crippen LogP) is 3.51. The molecule has 162 valence electrons. The third-order valence-corrected chi connectivity index (χ3v) is 6.08. The molecule has 0 aliphatic carbocycles. The molecule has 4 rings (SSSR count). The minimum Gasteiger partial charge on any atom is -0.364 e. The van der Waals surface area contributed by atoms with Gasteiger partial charge in [-0.05, 0) is 32.0 Å². The van der Waals surface area contributed by atoms with Crippen LogP contribution in [0.3, 0.4) is 0 Å². The van der Waals surface area contributed by atoms with E-state index >= 15 is 0 Å². The third kappa shape index (κ3) is 3.70. The summed E-state index contributed by atoms with van der Waals surface area (Å²) in [6, 6.07) is 10.5. The van der Waals surface area contributed by atoms with Gasteiger partial charge in [-0.25, -0.2) is 4.39 Å². The molecule has 1 fully saturated rings. The average Bonchev–Trinajstić information content (AvgIpc) is 2.79. The molecule has 8 heteroatoms. The third-order valence-electron chi connectivity index (χ3n) is 6.08. The Morgan fingerprint density at radius 2 is 2.09 bits per heavy atom. The van der Waals surface area contributed by atoms with Crippen LogP contribution >= 0.6 is 0 Å². The lowest BCUT2D eigenvalue weighted by molar-refractivity contribution is 0.179. The number of hydrogen-bond donors (Lipinski definition) is 0. The normalized spacial score (nSPS) is 16.7. The number of halogens is 1. The highest BCUT2D eigenvalue weighted by Crippen LogP contribution is 2.31. The van der Waals surface area contributed by atoms with Crippen LogP contribution in [0.2, 0.25) is 0 Å². The number of fused-ring (bicyclic) bond motifs is 1. The highest BCUT2D eigenvalue weighted by Gasteiger charge is 2.30. The van der Waals surface area contributed by atoms with E-state index in [4.69, 9.17) is 6.57 Å². The fourth-order valence-electron chi connectivity index (χ4n) is 4.33. The first-order chi connectivity index (χ1) is 15.3. The van der Waals surface area contributed by atoms with Gasteiger partial charge in [0.15, 0.2) is 0 Å². The predicted molar refractivity (Wildman–Crippen MR) is 121 cm³/mol. The standard InChI is InChI=1S/C24H23FN6O/c1-15-5-6-19(25)17(11-15)14-30-9-10-31(13-16(30)2)23-18(12-26)24(32)29(4)20-7-8-21(27-3)28-22(20)23/h5-8,11,16H,9-10,13-14H2,1-2,4H3/t16-/m1/s1. The maximum Gasteiger partial charge on any atom is 0.271 e. The van der Waals surface area contributed by atoms with Crippen molar-refractivity contribution in [2.45, 2.75) is 26.4 Å². The number of nitriles is 1. The molecule has 0 saturated carbocycles. The molecule has 1 atom stereocenters.